The van der Waals surface area contributed by atoms with E-state index in [0.29, 0.717) is 5.56 Å². The van der Waals surface area contributed by atoms with E-state index in [-0.39, 0.29) is 0 Å². The molecular formula is C15H17N3. The minimum atomic E-state index is 0.650. The maximum atomic E-state index is 8.93. The lowest BCUT2D eigenvalue weighted by Gasteiger charge is -2.35. The molecule has 0 radical (unpaired) electrons. The summed E-state index contributed by atoms with van der Waals surface area (Å²) in [5.41, 5.74) is 3.14. The van der Waals surface area contributed by atoms with Gasteiger partial charge in [-0.25, -0.2) is 0 Å². The lowest BCUT2D eigenvalue weighted by molar-refractivity contribution is 0.252. The Morgan fingerprint density at radius 2 is 2.28 bits per heavy atom. The number of nitriles is 1. The minimum absolute atomic E-state index is 0.650. The molecule has 0 saturated carbocycles. The van der Waals surface area contributed by atoms with Crippen LogP contribution in [0.15, 0.2) is 24.5 Å². The molecule has 3 rings (SSSR count). The van der Waals surface area contributed by atoms with Crippen LogP contribution in [0.1, 0.15) is 30.4 Å². The fourth-order valence-electron chi connectivity index (χ4n) is 3.10. The molecule has 2 unspecified atom stereocenters. The zero-order valence-electron chi connectivity index (χ0n) is 10.4. The molecule has 3 heteroatoms. The molecule has 1 aliphatic heterocycles. The number of rotatable bonds is 1. The SMILES string of the molecule is N#Cc1cncc(C2=CCC3CCNCC3C2)c1. The molecule has 18 heavy (non-hydrogen) atoms. The molecule has 0 amide bonds. The number of hydrogen-bond acceptors (Lipinski definition) is 3. The van der Waals surface area contributed by atoms with Crippen molar-refractivity contribution in [3.05, 3.63) is 35.7 Å². The molecular weight excluding hydrogens is 222 g/mol. The Morgan fingerprint density at radius 1 is 1.33 bits per heavy atom. The van der Waals surface area contributed by atoms with Gasteiger partial charge in [0.1, 0.15) is 6.07 Å². The van der Waals surface area contributed by atoms with Gasteiger partial charge in [0.2, 0.25) is 0 Å². The molecule has 1 fully saturated rings. The number of allylic oxidation sites excluding steroid dienone is 2. The van der Waals surface area contributed by atoms with Crippen molar-refractivity contribution in [1.82, 2.24) is 10.3 Å². The lowest BCUT2D eigenvalue weighted by atomic mass is 9.75. The molecule has 1 N–H and O–H groups in total. The van der Waals surface area contributed by atoms with Gasteiger partial charge in [-0.15, -0.1) is 0 Å². The number of nitrogens with zero attached hydrogens (tertiary/aromatic N) is 2. The van der Waals surface area contributed by atoms with E-state index in [4.69, 9.17) is 5.26 Å². The van der Waals surface area contributed by atoms with Crippen molar-refractivity contribution in [2.24, 2.45) is 11.8 Å². The molecule has 0 aromatic carbocycles. The van der Waals surface area contributed by atoms with E-state index in [1.807, 2.05) is 12.3 Å². The Labute approximate surface area is 108 Å². The van der Waals surface area contributed by atoms with Crippen LogP contribution in [0.5, 0.6) is 0 Å². The van der Waals surface area contributed by atoms with Crippen molar-refractivity contribution in [2.75, 3.05) is 13.1 Å². The molecule has 2 heterocycles. The fraction of sp³-hybridized carbons (Fsp3) is 0.467. The first-order valence-corrected chi connectivity index (χ1v) is 6.62. The van der Waals surface area contributed by atoms with Crippen molar-refractivity contribution < 1.29 is 0 Å². The van der Waals surface area contributed by atoms with E-state index in [1.54, 1.807) is 6.20 Å². The van der Waals surface area contributed by atoms with Gasteiger partial charge >= 0.3 is 0 Å². The van der Waals surface area contributed by atoms with Crippen LogP contribution in [0.4, 0.5) is 0 Å². The Bertz CT molecular complexity index is 513. The molecule has 0 spiro atoms. The van der Waals surface area contributed by atoms with Crippen LogP contribution in [0, 0.1) is 23.2 Å². The zero-order valence-corrected chi connectivity index (χ0v) is 10.4. The molecule has 1 saturated heterocycles. The van der Waals surface area contributed by atoms with Crippen molar-refractivity contribution in [2.45, 2.75) is 19.3 Å². The summed E-state index contributed by atoms with van der Waals surface area (Å²) in [7, 11) is 0. The molecule has 2 aliphatic rings. The van der Waals surface area contributed by atoms with Gasteiger partial charge in [-0.3, -0.25) is 4.98 Å². The molecule has 0 bridgehead atoms. The predicted molar refractivity (Wildman–Crippen MR) is 70.6 cm³/mol. The highest BCUT2D eigenvalue weighted by Gasteiger charge is 2.28. The number of pyridine rings is 1. The standard InChI is InChI=1S/C15H17N3/c16-7-11-5-14(10-18-8-11)13-2-1-12-3-4-17-9-15(12)6-13/h2,5,8,10,12,15,17H,1,3-4,6,9H2. The van der Waals surface area contributed by atoms with Gasteiger partial charge in [0, 0.05) is 12.4 Å². The number of aromatic nitrogens is 1. The quantitative estimate of drug-likeness (QED) is 0.818. The number of hydrogen-bond donors (Lipinski definition) is 1. The first-order chi connectivity index (χ1) is 8.86. The van der Waals surface area contributed by atoms with Gasteiger partial charge in [-0.2, -0.15) is 5.26 Å². The Morgan fingerprint density at radius 3 is 3.17 bits per heavy atom. The van der Waals surface area contributed by atoms with Gasteiger partial charge in [0.25, 0.3) is 0 Å². The van der Waals surface area contributed by atoms with Crippen LogP contribution < -0.4 is 5.32 Å². The summed E-state index contributed by atoms with van der Waals surface area (Å²) in [6, 6.07) is 4.11. The molecule has 2 atom stereocenters. The van der Waals surface area contributed by atoms with Gasteiger partial charge in [-0.1, -0.05) is 6.08 Å². The van der Waals surface area contributed by atoms with Gasteiger partial charge in [-0.05, 0) is 61.4 Å². The van der Waals surface area contributed by atoms with Crippen molar-refractivity contribution >= 4 is 5.57 Å². The largest absolute Gasteiger partial charge is 0.316 e. The second-order valence-corrected chi connectivity index (χ2v) is 5.26. The van der Waals surface area contributed by atoms with E-state index in [1.165, 1.54) is 18.4 Å². The second kappa shape index (κ2) is 4.91. The molecule has 92 valence electrons. The first-order valence-electron chi connectivity index (χ1n) is 6.62. The Hall–Kier alpha value is -1.66. The number of fused-ring (bicyclic) bond motifs is 1. The van der Waals surface area contributed by atoms with E-state index in [9.17, 15) is 0 Å². The van der Waals surface area contributed by atoms with Crippen molar-refractivity contribution in [1.29, 1.82) is 5.26 Å². The molecule has 3 nitrogen and oxygen atoms in total. The average Bonchev–Trinajstić information content (AvgIpc) is 2.47. The highest BCUT2D eigenvalue weighted by Crippen LogP contribution is 2.37. The third-order valence-electron chi connectivity index (χ3n) is 4.15. The van der Waals surface area contributed by atoms with Crippen LogP contribution >= 0.6 is 0 Å². The van der Waals surface area contributed by atoms with E-state index < -0.39 is 0 Å². The van der Waals surface area contributed by atoms with Gasteiger partial charge in [0.05, 0.1) is 5.56 Å². The maximum absolute atomic E-state index is 8.93. The molecule has 1 aliphatic carbocycles. The minimum Gasteiger partial charge on any atom is -0.316 e. The highest BCUT2D eigenvalue weighted by atomic mass is 14.9. The summed E-state index contributed by atoms with van der Waals surface area (Å²) in [4.78, 5) is 4.16. The number of nitrogens with one attached hydrogen (secondary N) is 1. The van der Waals surface area contributed by atoms with E-state index >= 15 is 0 Å². The summed E-state index contributed by atoms with van der Waals surface area (Å²) < 4.78 is 0. The fourth-order valence-corrected chi connectivity index (χ4v) is 3.10. The van der Waals surface area contributed by atoms with Crippen molar-refractivity contribution in [3.8, 4) is 6.07 Å². The molecule has 1 aromatic heterocycles. The smallest absolute Gasteiger partial charge is 0.101 e. The highest BCUT2D eigenvalue weighted by molar-refractivity contribution is 5.67. The molecule has 1 aromatic rings. The average molecular weight is 239 g/mol. The second-order valence-electron chi connectivity index (χ2n) is 5.26. The Balaban J connectivity index is 1.84. The van der Waals surface area contributed by atoms with Crippen LogP contribution in [0.25, 0.3) is 5.57 Å². The Kier molecular flexibility index (Phi) is 3.12. The van der Waals surface area contributed by atoms with Crippen LogP contribution in [0.2, 0.25) is 0 Å². The lowest BCUT2D eigenvalue weighted by Crippen LogP contribution is -2.37. The van der Waals surface area contributed by atoms with E-state index in [2.05, 4.69) is 22.4 Å². The summed E-state index contributed by atoms with van der Waals surface area (Å²) in [6.07, 6.45) is 9.45. The summed E-state index contributed by atoms with van der Waals surface area (Å²) >= 11 is 0. The van der Waals surface area contributed by atoms with Crippen LogP contribution in [0.3, 0.4) is 0 Å². The summed E-state index contributed by atoms with van der Waals surface area (Å²) in [5, 5.41) is 12.4. The van der Waals surface area contributed by atoms with Gasteiger partial charge < -0.3 is 5.32 Å². The van der Waals surface area contributed by atoms with Crippen LogP contribution in [-0.2, 0) is 0 Å². The van der Waals surface area contributed by atoms with Crippen LogP contribution in [-0.4, -0.2) is 18.1 Å². The monoisotopic (exact) mass is 239 g/mol. The zero-order chi connectivity index (χ0) is 12.4. The summed E-state index contributed by atoms with van der Waals surface area (Å²) in [5.74, 6) is 1.60. The first kappa shape index (κ1) is 11.4. The number of piperidine rings is 1. The topological polar surface area (TPSA) is 48.7 Å². The third kappa shape index (κ3) is 2.16. The van der Waals surface area contributed by atoms with Crippen molar-refractivity contribution in [3.63, 3.8) is 0 Å². The third-order valence-corrected chi connectivity index (χ3v) is 4.15. The maximum Gasteiger partial charge on any atom is 0.101 e. The summed E-state index contributed by atoms with van der Waals surface area (Å²) in [6.45, 7) is 2.29. The van der Waals surface area contributed by atoms with E-state index in [0.717, 1.165) is 36.9 Å². The normalized spacial score (nSPS) is 26.9. The van der Waals surface area contributed by atoms with Gasteiger partial charge in [0.15, 0.2) is 0 Å². The predicted octanol–water partition coefficient (Wildman–Crippen LogP) is 2.36.